The van der Waals surface area contributed by atoms with Gasteiger partial charge in [-0.15, -0.1) is 0 Å². The van der Waals surface area contributed by atoms with E-state index in [1.807, 2.05) is 0 Å². The van der Waals surface area contributed by atoms with Crippen LogP contribution in [0, 0.1) is 0 Å². The Hall–Kier alpha value is -1.30. The van der Waals surface area contributed by atoms with Crippen LogP contribution in [0.1, 0.15) is 27.7 Å². The molecule has 1 amide bonds. The molecule has 0 aromatic heterocycles. The van der Waals surface area contributed by atoms with Crippen LogP contribution in [-0.2, 0) is 14.3 Å². The number of nitrogens with one attached hydrogen (secondary N) is 1. The van der Waals surface area contributed by atoms with Gasteiger partial charge in [0.2, 0.25) is 0 Å². The third kappa shape index (κ3) is 5.55. The Morgan fingerprint density at radius 1 is 1.25 bits per heavy atom. The first kappa shape index (κ1) is 14.7. The molecule has 6 heteroatoms. The first-order valence-electron chi connectivity index (χ1n) is 4.86. The number of methoxy groups -OCH3 is 1. The molecule has 0 aliphatic carbocycles. The number of amides is 1. The van der Waals surface area contributed by atoms with Crippen molar-refractivity contribution in [3.8, 4) is 0 Å². The molecular weight excluding hydrogens is 214 g/mol. The summed E-state index contributed by atoms with van der Waals surface area (Å²) in [4.78, 5) is 22.3. The first-order valence-corrected chi connectivity index (χ1v) is 4.86. The average Bonchev–Trinajstić information content (AvgIpc) is 2.11. The Morgan fingerprint density at radius 3 is 2.12 bits per heavy atom. The standard InChI is InChI=1S/C10H19NO5/c1-9(2,3)16-8(13)11-6-10(4,14)7(12)15-5/h14H,6H2,1-5H3,(H,11,13). The van der Waals surface area contributed by atoms with Gasteiger partial charge in [0.1, 0.15) is 5.60 Å². The van der Waals surface area contributed by atoms with Crippen molar-refractivity contribution in [3.05, 3.63) is 0 Å². The Labute approximate surface area is 94.9 Å². The van der Waals surface area contributed by atoms with Gasteiger partial charge in [-0.1, -0.05) is 0 Å². The molecule has 0 radical (unpaired) electrons. The zero-order chi connectivity index (χ0) is 13.0. The zero-order valence-corrected chi connectivity index (χ0v) is 10.3. The Kier molecular flexibility index (Phi) is 4.74. The van der Waals surface area contributed by atoms with Crippen LogP contribution in [0.5, 0.6) is 0 Å². The molecule has 0 saturated carbocycles. The van der Waals surface area contributed by atoms with Gasteiger partial charge < -0.3 is 19.9 Å². The largest absolute Gasteiger partial charge is 0.467 e. The third-order valence-corrected chi connectivity index (χ3v) is 1.60. The minimum atomic E-state index is -1.76. The lowest BCUT2D eigenvalue weighted by Crippen LogP contribution is -2.48. The van der Waals surface area contributed by atoms with Crippen molar-refractivity contribution in [2.24, 2.45) is 0 Å². The molecule has 94 valence electrons. The van der Waals surface area contributed by atoms with Crippen LogP contribution in [-0.4, -0.2) is 42.0 Å². The highest BCUT2D eigenvalue weighted by Crippen LogP contribution is 2.08. The smallest absolute Gasteiger partial charge is 0.407 e. The fraction of sp³-hybridized carbons (Fsp3) is 0.800. The SMILES string of the molecule is COC(=O)C(C)(O)CNC(=O)OC(C)(C)C. The molecule has 0 aliphatic rings. The molecule has 0 heterocycles. The molecule has 2 N–H and O–H groups in total. The topological polar surface area (TPSA) is 84.9 Å². The van der Waals surface area contributed by atoms with E-state index in [-0.39, 0.29) is 6.54 Å². The van der Waals surface area contributed by atoms with Crippen LogP contribution in [0.2, 0.25) is 0 Å². The van der Waals surface area contributed by atoms with Crippen molar-refractivity contribution in [3.63, 3.8) is 0 Å². The summed E-state index contributed by atoms with van der Waals surface area (Å²) in [6.07, 6.45) is -0.698. The molecule has 0 aliphatic heterocycles. The van der Waals surface area contributed by atoms with Gasteiger partial charge in [-0.3, -0.25) is 0 Å². The molecule has 0 spiro atoms. The molecule has 6 nitrogen and oxygen atoms in total. The molecule has 1 unspecified atom stereocenters. The lowest BCUT2D eigenvalue weighted by Gasteiger charge is -2.23. The number of hydrogen-bond acceptors (Lipinski definition) is 5. The number of ether oxygens (including phenoxy) is 2. The number of hydrogen-bond donors (Lipinski definition) is 2. The van der Waals surface area contributed by atoms with Crippen molar-refractivity contribution in [1.29, 1.82) is 0 Å². The lowest BCUT2D eigenvalue weighted by atomic mass is 10.1. The van der Waals surface area contributed by atoms with Gasteiger partial charge in [-0.2, -0.15) is 0 Å². The summed E-state index contributed by atoms with van der Waals surface area (Å²) in [5, 5.41) is 11.9. The van der Waals surface area contributed by atoms with Gasteiger partial charge in [0.25, 0.3) is 0 Å². The molecule has 0 aromatic rings. The minimum absolute atomic E-state index is 0.269. The van der Waals surface area contributed by atoms with Crippen molar-refractivity contribution in [2.75, 3.05) is 13.7 Å². The van der Waals surface area contributed by atoms with E-state index in [0.717, 1.165) is 7.11 Å². The van der Waals surface area contributed by atoms with Gasteiger partial charge in [0, 0.05) is 0 Å². The van der Waals surface area contributed by atoms with Crippen LogP contribution in [0.3, 0.4) is 0 Å². The maximum Gasteiger partial charge on any atom is 0.407 e. The number of aliphatic hydroxyl groups is 1. The summed E-state index contributed by atoms with van der Waals surface area (Å²) in [5.41, 5.74) is -2.38. The Morgan fingerprint density at radius 2 is 1.75 bits per heavy atom. The monoisotopic (exact) mass is 233 g/mol. The van der Waals surface area contributed by atoms with Gasteiger partial charge in [-0.05, 0) is 27.7 Å². The molecule has 0 rings (SSSR count). The highest BCUT2D eigenvalue weighted by atomic mass is 16.6. The maximum absolute atomic E-state index is 11.2. The van der Waals surface area contributed by atoms with Crippen molar-refractivity contribution < 1.29 is 24.2 Å². The molecule has 16 heavy (non-hydrogen) atoms. The van der Waals surface area contributed by atoms with Gasteiger partial charge in [-0.25, -0.2) is 9.59 Å². The van der Waals surface area contributed by atoms with Crippen LogP contribution < -0.4 is 5.32 Å². The summed E-state index contributed by atoms with van der Waals surface area (Å²) in [6, 6.07) is 0. The highest BCUT2D eigenvalue weighted by molar-refractivity contribution is 5.80. The van der Waals surface area contributed by atoms with Crippen molar-refractivity contribution in [1.82, 2.24) is 5.32 Å². The minimum Gasteiger partial charge on any atom is -0.467 e. The van der Waals surface area contributed by atoms with Crippen LogP contribution in [0.15, 0.2) is 0 Å². The van der Waals surface area contributed by atoms with E-state index in [1.165, 1.54) is 6.92 Å². The number of carbonyl (C=O) groups excluding carboxylic acids is 2. The van der Waals surface area contributed by atoms with E-state index < -0.39 is 23.3 Å². The molecule has 0 saturated heterocycles. The number of esters is 1. The molecular formula is C10H19NO5. The van der Waals surface area contributed by atoms with E-state index in [1.54, 1.807) is 20.8 Å². The van der Waals surface area contributed by atoms with E-state index in [0.29, 0.717) is 0 Å². The fourth-order valence-corrected chi connectivity index (χ4v) is 0.851. The molecule has 0 bridgehead atoms. The summed E-state index contributed by atoms with van der Waals surface area (Å²) < 4.78 is 9.30. The van der Waals surface area contributed by atoms with Gasteiger partial charge in [0.05, 0.1) is 13.7 Å². The predicted molar refractivity (Wildman–Crippen MR) is 56.9 cm³/mol. The summed E-state index contributed by atoms with van der Waals surface area (Å²) in [5.74, 6) is -0.816. The highest BCUT2D eigenvalue weighted by Gasteiger charge is 2.32. The summed E-state index contributed by atoms with van der Waals surface area (Å²) >= 11 is 0. The second kappa shape index (κ2) is 5.16. The van der Waals surface area contributed by atoms with Crippen LogP contribution in [0.25, 0.3) is 0 Å². The normalized spacial score (nSPS) is 14.9. The third-order valence-electron chi connectivity index (χ3n) is 1.60. The van der Waals surface area contributed by atoms with Crippen LogP contribution in [0.4, 0.5) is 4.79 Å². The first-order chi connectivity index (χ1) is 7.08. The van der Waals surface area contributed by atoms with E-state index in [9.17, 15) is 14.7 Å². The average molecular weight is 233 g/mol. The molecule has 1 atom stereocenters. The van der Waals surface area contributed by atoms with E-state index in [2.05, 4.69) is 10.1 Å². The predicted octanol–water partition coefficient (Wildman–Crippen LogP) is 0.435. The lowest BCUT2D eigenvalue weighted by molar-refractivity contribution is -0.159. The molecule has 0 fully saturated rings. The molecule has 0 aromatic carbocycles. The quantitative estimate of drug-likeness (QED) is 0.691. The number of rotatable bonds is 3. The second-order valence-electron chi connectivity index (χ2n) is 4.62. The maximum atomic E-state index is 11.2. The number of alkyl carbamates (subject to hydrolysis) is 1. The van der Waals surface area contributed by atoms with E-state index in [4.69, 9.17) is 4.74 Å². The van der Waals surface area contributed by atoms with Crippen LogP contribution >= 0.6 is 0 Å². The Bertz CT molecular complexity index is 267. The van der Waals surface area contributed by atoms with Gasteiger partial charge in [0.15, 0.2) is 5.60 Å². The van der Waals surface area contributed by atoms with Gasteiger partial charge >= 0.3 is 12.1 Å². The second-order valence-corrected chi connectivity index (χ2v) is 4.62. The Balaban J connectivity index is 4.15. The summed E-state index contributed by atoms with van der Waals surface area (Å²) in [6.45, 7) is 6.12. The zero-order valence-electron chi connectivity index (χ0n) is 10.3. The summed E-state index contributed by atoms with van der Waals surface area (Å²) in [7, 11) is 1.16. The van der Waals surface area contributed by atoms with E-state index >= 15 is 0 Å². The number of carbonyl (C=O) groups is 2. The van der Waals surface area contributed by atoms with Crippen molar-refractivity contribution in [2.45, 2.75) is 38.9 Å². The fourth-order valence-electron chi connectivity index (χ4n) is 0.851. The van der Waals surface area contributed by atoms with Crippen molar-refractivity contribution >= 4 is 12.1 Å².